The maximum absolute atomic E-state index is 12.2. The van der Waals surface area contributed by atoms with Gasteiger partial charge in [0.25, 0.3) is 5.91 Å². The molecule has 1 heterocycles. The molecule has 2 aromatic rings. The van der Waals surface area contributed by atoms with E-state index in [0.717, 1.165) is 0 Å². The zero-order chi connectivity index (χ0) is 18.2. The van der Waals surface area contributed by atoms with Crippen LogP contribution in [0.15, 0.2) is 60.7 Å². The number of amides is 2. The highest BCUT2D eigenvalue weighted by molar-refractivity contribution is 5.78. The van der Waals surface area contributed by atoms with Crippen LogP contribution in [0.2, 0.25) is 0 Å². The van der Waals surface area contributed by atoms with E-state index in [2.05, 4.69) is 5.32 Å². The molecule has 0 unspecified atom stereocenters. The van der Waals surface area contributed by atoms with E-state index in [9.17, 15) is 9.59 Å². The summed E-state index contributed by atoms with van der Waals surface area (Å²) >= 11 is 0. The number of likely N-dealkylation sites (tertiary alicyclic amines) is 1. The van der Waals surface area contributed by atoms with E-state index in [1.807, 2.05) is 48.5 Å². The molecule has 6 nitrogen and oxygen atoms in total. The Morgan fingerprint density at radius 3 is 2.12 bits per heavy atom. The highest BCUT2D eigenvalue weighted by Gasteiger charge is 2.24. The van der Waals surface area contributed by atoms with Crippen molar-refractivity contribution < 1.29 is 19.1 Å². The number of para-hydroxylation sites is 2. The average Bonchev–Trinajstić information content (AvgIpc) is 2.68. The molecule has 0 radical (unpaired) electrons. The number of nitrogens with zero attached hydrogens (tertiary/aromatic N) is 1. The van der Waals surface area contributed by atoms with Gasteiger partial charge in [-0.1, -0.05) is 36.4 Å². The van der Waals surface area contributed by atoms with Crippen LogP contribution in [0.1, 0.15) is 12.8 Å². The van der Waals surface area contributed by atoms with Gasteiger partial charge in [-0.15, -0.1) is 0 Å². The van der Waals surface area contributed by atoms with E-state index in [-0.39, 0.29) is 18.6 Å². The standard InChI is InChI=1S/C20H22N2O4/c23-19(15-25-17-7-3-1-4-8-17)22-13-11-16(12-14-22)21-20(24)26-18-9-5-2-6-10-18/h1-10,16H,11-15H2,(H,21,24). The monoisotopic (exact) mass is 354 g/mol. The fourth-order valence-electron chi connectivity index (χ4n) is 2.82. The third kappa shape index (κ3) is 5.24. The van der Waals surface area contributed by atoms with E-state index >= 15 is 0 Å². The van der Waals surface area contributed by atoms with Crippen LogP contribution in [0.5, 0.6) is 11.5 Å². The Labute approximate surface area is 152 Å². The minimum atomic E-state index is -0.464. The molecule has 0 bridgehead atoms. The number of hydrogen-bond donors (Lipinski definition) is 1. The second kappa shape index (κ2) is 8.89. The molecule has 1 aliphatic rings. The summed E-state index contributed by atoms with van der Waals surface area (Å²) in [5.74, 6) is 1.15. The number of ether oxygens (including phenoxy) is 2. The lowest BCUT2D eigenvalue weighted by atomic mass is 10.1. The third-order valence-electron chi connectivity index (χ3n) is 4.23. The first-order valence-corrected chi connectivity index (χ1v) is 8.70. The smallest absolute Gasteiger partial charge is 0.412 e. The summed E-state index contributed by atoms with van der Waals surface area (Å²) in [6.07, 6.45) is 0.926. The molecule has 0 aliphatic carbocycles. The highest BCUT2D eigenvalue weighted by atomic mass is 16.6. The van der Waals surface area contributed by atoms with Gasteiger partial charge in [0.05, 0.1) is 0 Å². The fourth-order valence-corrected chi connectivity index (χ4v) is 2.82. The highest BCUT2D eigenvalue weighted by Crippen LogP contribution is 2.14. The first-order chi connectivity index (χ1) is 12.7. The maximum Gasteiger partial charge on any atom is 0.412 e. The quantitative estimate of drug-likeness (QED) is 0.896. The minimum Gasteiger partial charge on any atom is -0.484 e. The number of hydrogen-bond acceptors (Lipinski definition) is 4. The average molecular weight is 354 g/mol. The molecule has 1 aliphatic heterocycles. The van der Waals surface area contributed by atoms with Crippen LogP contribution >= 0.6 is 0 Å². The van der Waals surface area contributed by atoms with Gasteiger partial charge in [-0.2, -0.15) is 0 Å². The minimum absolute atomic E-state index is 0.00491. The number of carbonyl (C=O) groups excluding carboxylic acids is 2. The van der Waals surface area contributed by atoms with Crippen molar-refractivity contribution in [1.29, 1.82) is 0 Å². The van der Waals surface area contributed by atoms with Crippen LogP contribution in [-0.2, 0) is 4.79 Å². The molecule has 1 fully saturated rings. The van der Waals surface area contributed by atoms with Crippen LogP contribution in [0.3, 0.4) is 0 Å². The largest absolute Gasteiger partial charge is 0.484 e. The molecule has 2 aromatic carbocycles. The van der Waals surface area contributed by atoms with E-state index in [0.29, 0.717) is 37.4 Å². The van der Waals surface area contributed by atoms with Crippen LogP contribution in [0.25, 0.3) is 0 Å². The van der Waals surface area contributed by atoms with E-state index in [1.165, 1.54) is 0 Å². The predicted molar refractivity (Wildman–Crippen MR) is 97.1 cm³/mol. The van der Waals surface area contributed by atoms with Crippen molar-refractivity contribution in [3.05, 3.63) is 60.7 Å². The Morgan fingerprint density at radius 2 is 1.50 bits per heavy atom. The number of nitrogens with one attached hydrogen (secondary N) is 1. The summed E-state index contributed by atoms with van der Waals surface area (Å²) < 4.78 is 10.7. The van der Waals surface area contributed by atoms with Gasteiger partial charge in [-0.3, -0.25) is 4.79 Å². The second-order valence-corrected chi connectivity index (χ2v) is 6.10. The van der Waals surface area contributed by atoms with Crippen LogP contribution in [0.4, 0.5) is 4.79 Å². The van der Waals surface area contributed by atoms with Gasteiger partial charge in [-0.05, 0) is 37.1 Å². The maximum atomic E-state index is 12.2. The van der Waals surface area contributed by atoms with Crippen molar-refractivity contribution in [2.45, 2.75) is 18.9 Å². The van der Waals surface area contributed by atoms with Gasteiger partial charge in [-0.25, -0.2) is 4.79 Å². The summed E-state index contributed by atoms with van der Waals surface area (Å²) in [7, 11) is 0. The molecule has 1 N–H and O–H groups in total. The predicted octanol–water partition coefficient (Wildman–Crippen LogP) is 2.85. The van der Waals surface area contributed by atoms with Gasteiger partial charge >= 0.3 is 6.09 Å². The fraction of sp³-hybridized carbons (Fsp3) is 0.300. The summed E-state index contributed by atoms with van der Waals surface area (Å²) in [6, 6.07) is 18.2. The van der Waals surface area contributed by atoms with Crippen molar-refractivity contribution in [3.63, 3.8) is 0 Å². The van der Waals surface area contributed by atoms with Gasteiger partial charge < -0.3 is 19.7 Å². The molecule has 3 rings (SSSR count). The summed E-state index contributed by atoms with van der Waals surface area (Å²) in [6.45, 7) is 1.21. The molecule has 2 amide bonds. The normalized spacial score (nSPS) is 14.5. The third-order valence-corrected chi connectivity index (χ3v) is 4.23. The lowest BCUT2D eigenvalue weighted by Crippen LogP contribution is -2.48. The Morgan fingerprint density at radius 1 is 0.923 bits per heavy atom. The van der Waals surface area contributed by atoms with Crippen molar-refractivity contribution in [2.75, 3.05) is 19.7 Å². The van der Waals surface area contributed by atoms with Crippen molar-refractivity contribution in [2.24, 2.45) is 0 Å². The summed E-state index contributed by atoms with van der Waals surface area (Å²) in [5.41, 5.74) is 0. The Balaban J connectivity index is 1.38. The molecule has 0 saturated carbocycles. The molecule has 1 saturated heterocycles. The molecule has 0 aromatic heterocycles. The molecule has 6 heteroatoms. The Bertz CT molecular complexity index is 713. The van der Waals surface area contributed by atoms with E-state index in [4.69, 9.17) is 9.47 Å². The first kappa shape index (κ1) is 17.8. The first-order valence-electron chi connectivity index (χ1n) is 8.70. The lowest BCUT2D eigenvalue weighted by molar-refractivity contribution is -0.134. The van der Waals surface area contributed by atoms with Crippen molar-refractivity contribution >= 4 is 12.0 Å². The summed E-state index contributed by atoms with van der Waals surface area (Å²) in [4.78, 5) is 25.9. The van der Waals surface area contributed by atoms with Crippen LogP contribution < -0.4 is 14.8 Å². The van der Waals surface area contributed by atoms with Gasteiger partial charge in [0, 0.05) is 19.1 Å². The molecule has 26 heavy (non-hydrogen) atoms. The Hall–Kier alpha value is -3.02. The van der Waals surface area contributed by atoms with Crippen molar-refractivity contribution in [1.82, 2.24) is 10.2 Å². The van der Waals surface area contributed by atoms with E-state index in [1.54, 1.807) is 17.0 Å². The van der Waals surface area contributed by atoms with Crippen LogP contribution in [-0.4, -0.2) is 42.6 Å². The second-order valence-electron chi connectivity index (χ2n) is 6.10. The van der Waals surface area contributed by atoms with Crippen LogP contribution in [0, 0.1) is 0 Å². The van der Waals surface area contributed by atoms with Gasteiger partial charge in [0.15, 0.2) is 6.61 Å². The molecular weight excluding hydrogens is 332 g/mol. The molecule has 0 spiro atoms. The lowest BCUT2D eigenvalue weighted by Gasteiger charge is -2.32. The zero-order valence-corrected chi connectivity index (χ0v) is 14.5. The molecule has 136 valence electrons. The van der Waals surface area contributed by atoms with Gasteiger partial charge in [0.1, 0.15) is 11.5 Å². The number of carbonyl (C=O) groups is 2. The number of benzene rings is 2. The summed E-state index contributed by atoms with van der Waals surface area (Å²) in [5, 5.41) is 2.85. The SMILES string of the molecule is O=C(NC1CCN(C(=O)COc2ccccc2)CC1)Oc1ccccc1. The number of piperidine rings is 1. The molecular formula is C20H22N2O4. The zero-order valence-electron chi connectivity index (χ0n) is 14.5. The van der Waals surface area contributed by atoms with Crippen molar-refractivity contribution in [3.8, 4) is 11.5 Å². The Kier molecular flexibility index (Phi) is 6.09. The topological polar surface area (TPSA) is 67.9 Å². The number of rotatable bonds is 5. The molecule has 0 atom stereocenters. The van der Waals surface area contributed by atoms with Gasteiger partial charge in [0.2, 0.25) is 0 Å². The van der Waals surface area contributed by atoms with E-state index < -0.39 is 6.09 Å².